The van der Waals surface area contributed by atoms with Crippen LogP contribution in [0.4, 0.5) is 0 Å². The normalized spacial score (nSPS) is 32.0. The van der Waals surface area contributed by atoms with Crippen LogP contribution in [0.2, 0.25) is 0 Å². The molecule has 17 heteroatoms. The van der Waals surface area contributed by atoms with Crippen molar-refractivity contribution in [3.8, 4) is 0 Å². The Bertz CT molecular complexity index is 616. The topological polar surface area (TPSA) is 242 Å². The molecule has 7 N–H and O–H groups in total. The van der Waals surface area contributed by atoms with Gasteiger partial charge in [0.05, 0.1) is 13.2 Å². The molecule has 8 atom stereocenters. The Hall–Kier alpha value is 0.464. The van der Waals surface area contributed by atoms with Gasteiger partial charge >= 0.3 is 0 Å². The molecule has 16 nitrogen and oxygen atoms in total. The summed E-state index contributed by atoms with van der Waals surface area (Å²) in [6.45, 7) is 2.26. The molecule has 2 aliphatic heterocycles. The van der Waals surface area contributed by atoms with Crippen molar-refractivity contribution in [1.29, 1.82) is 0 Å². The van der Waals surface area contributed by atoms with Crippen LogP contribution in [0.5, 0.6) is 0 Å². The molecular weight excluding hydrogens is 601 g/mol. The SMILES string of the molecule is [O-]C(O)CN1CCN(CCO[C@@H]2OC(CO)[C@H](O)[C@H](O)C2O)CCN(CC([O-])O)CCN(CC([O-])O)CC1.[Y]. The van der Waals surface area contributed by atoms with Crippen molar-refractivity contribution >= 4 is 0 Å². The number of hydrogen-bond donors (Lipinski definition) is 7. The molecular formula is C22H43N4O12Y-3. The fourth-order valence-corrected chi connectivity index (χ4v) is 4.52. The second-order valence-electron chi connectivity index (χ2n) is 9.68. The molecule has 0 aliphatic carbocycles. The molecule has 0 bridgehead atoms. The van der Waals surface area contributed by atoms with Crippen molar-refractivity contribution in [3.05, 3.63) is 0 Å². The minimum atomic E-state index is -1.82. The summed E-state index contributed by atoms with van der Waals surface area (Å²) in [4.78, 5) is 7.15. The van der Waals surface area contributed by atoms with Gasteiger partial charge in [0, 0.05) is 111 Å². The van der Waals surface area contributed by atoms with Crippen LogP contribution in [0.3, 0.4) is 0 Å². The molecule has 0 spiro atoms. The van der Waals surface area contributed by atoms with E-state index in [0.29, 0.717) is 58.9 Å². The Balaban J connectivity index is 0.00000760. The number of hydrogen-bond acceptors (Lipinski definition) is 16. The van der Waals surface area contributed by atoms with E-state index in [2.05, 4.69) is 0 Å². The third kappa shape index (κ3) is 14.0. The fraction of sp³-hybridized carbons (Fsp3) is 1.00. The van der Waals surface area contributed by atoms with Gasteiger partial charge in [0.2, 0.25) is 0 Å². The van der Waals surface area contributed by atoms with Crippen molar-refractivity contribution < 1.29 is 93.2 Å². The molecule has 0 aromatic carbocycles. The Morgan fingerprint density at radius 1 is 0.667 bits per heavy atom. The Labute approximate surface area is 253 Å². The van der Waals surface area contributed by atoms with Crippen molar-refractivity contribution in [2.75, 3.05) is 91.8 Å². The van der Waals surface area contributed by atoms with Crippen LogP contribution in [0.1, 0.15) is 0 Å². The number of aliphatic hydroxyl groups is 7. The predicted molar refractivity (Wildman–Crippen MR) is 123 cm³/mol. The number of rotatable bonds is 11. The summed E-state index contributed by atoms with van der Waals surface area (Å²) >= 11 is 0. The summed E-state index contributed by atoms with van der Waals surface area (Å²) in [7, 11) is 0. The Kier molecular flexibility index (Phi) is 18.9. The third-order valence-corrected chi connectivity index (χ3v) is 6.71. The van der Waals surface area contributed by atoms with Gasteiger partial charge in [-0.05, 0) is 18.9 Å². The van der Waals surface area contributed by atoms with Gasteiger partial charge in [-0.25, -0.2) is 0 Å². The molecule has 0 saturated carbocycles. The first-order chi connectivity index (χ1) is 18.0. The van der Waals surface area contributed by atoms with E-state index < -0.39 is 56.2 Å². The average Bonchev–Trinajstić information content (AvgIpc) is 2.84. The van der Waals surface area contributed by atoms with E-state index in [-0.39, 0.29) is 59.0 Å². The summed E-state index contributed by atoms with van der Waals surface area (Å²) in [5.74, 6) is 0. The van der Waals surface area contributed by atoms with E-state index in [1.54, 1.807) is 14.7 Å². The smallest absolute Gasteiger partial charge is 0.186 e. The molecule has 2 fully saturated rings. The van der Waals surface area contributed by atoms with Crippen molar-refractivity contribution in [2.45, 2.75) is 49.6 Å². The third-order valence-electron chi connectivity index (χ3n) is 6.71. The van der Waals surface area contributed by atoms with E-state index in [1.807, 2.05) is 4.90 Å². The van der Waals surface area contributed by atoms with Crippen LogP contribution >= 0.6 is 0 Å². The van der Waals surface area contributed by atoms with Gasteiger partial charge in [0.25, 0.3) is 0 Å². The maximum atomic E-state index is 11.5. The summed E-state index contributed by atoms with van der Waals surface area (Å²) in [5.41, 5.74) is 0. The van der Waals surface area contributed by atoms with E-state index in [4.69, 9.17) is 9.47 Å². The maximum absolute atomic E-state index is 11.5. The molecule has 2 aliphatic rings. The minimum Gasteiger partial charge on any atom is -0.830 e. The maximum Gasteiger partial charge on any atom is 0.186 e. The zero-order chi connectivity index (χ0) is 28.2. The van der Waals surface area contributed by atoms with Gasteiger partial charge < -0.3 is 60.5 Å². The average molecular weight is 645 g/mol. The van der Waals surface area contributed by atoms with Gasteiger partial charge in [-0.2, -0.15) is 0 Å². The second kappa shape index (κ2) is 19.6. The van der Waals surface area contributed by atoms with Crippen molar-refractivity contribution in [3.63, 3.8) is 0 Å². The number of β-amino-alcohol motifs (C(OH)–C–C–N with tert-alkyl or cyclic N) is 3. The first-order valence-electron chi connectivity index (χ1n) is 12.8. The van der Waals surface area contributed by atoms with Crippen LogP contribution in [-0.4, -0.2) is 197 Å². The van der Waals surface area contributed by atoms with Crippen LogP contribution in [-0.2, 0) is 42.2 Å². The molecule has 0 amide bonds. The molecule has 2 rings (SSSR count). The summed E-state index contributed by atoms with van der Waals surface area (Å²) in [6, 6.07) is 0. The summed E-state index contributed by atoms with van der Waals surface area (Å²) in [6.07, 6.45) is -12.4. The molecule has 1 radical (unpaired) electrons. The van der Waals surface area contributed by atoms with Crippen molar-refractivity contribution in [2.24, 2.45) is 0 Å². The zero-order valence-electron chi connectivity index (χ0n) is 22.1. The first-order valence-corrected chi connectivity index (χ1v) is 12.8. The van der Waals surface area contributed by atoms with E-state index >= 15 is 0 Å². The van der Waals surface area contributed by atoms with Crippen LogP contribution in [0.25, 0.3) is 0 Å². The van der Waals surface area contributed by atoms with Crippen LogP contribution in [0, 0.1) is 0 Å². The predicted octanol–water partition coefficient (Wildman–Crippen LogP) is -8.94. The number of ether oxygens (including phenoxy) is 2. The largest absolute Gasteiger partial charge is 0.830 e. The standard InChI is InChI=1S/C22H43N4O12.Y/c27-14-15-19(34)20(35)21(36)22(38-15)37-10-9-23-1-3-24(11-16(28)29)5-7-26(13-18(32)33)8-6-25(4-2-23)12-17(30)31;/h15-22,27-28,30,32,34-36H,1-14H2;/q-3;/t15?,16?,17?,18?,19-,20-,21?,22+;/m0./s1. The van der Waals surface area contributed by atoms with Gasteiger partial charge in [0.15, 0.2) is 6.29 Å². The second-order valence-corrected chi connectivity index (χ2v) is 9.68. The monoisotopic (exact) mass is 644 g/mol. The van der Waals surface area contributed by atoms with Crippen molar-refractivity contribution in [1.82, 2.24) is 19.6 Å². The summed E-state index contributed by atoms with van der Waals surface area (Å²) < 4.78 is 10.9. The van der Waals surface area contributed by atoms with E-state index in [0.717, 1.165) is 0 Å². The number of aliphatic hydroxyl groups excluding tert-OH is 7. The zero-order valence-corrected chi connectivity index (χ0v) is 24.9. The molecule has 2 heterocycles. The van der Waals surface area contributed by atoms with Gasteiger partial charge in [-0.1, -0.05) is 0 Å². The fourth-order valence-electron chi connectivity index (χ4n) is 4.52. The molecule has 2 saturated heterocycles. The van der Waals surface area contributed by atoms with E-state index in [1.165, 1.54) is 0 Å². The molecule has 5 unspecified atom stereocenters. The first kappa shape index (κ1) is 37.5. The van der Waals surface area contributed by atoms with Crippen LogP contribution < -0.4 is 15.3 Å². The van der Waals surface area contributed by atoms with E-state index in [9.17, 15) is 51.1 Å². The van der Waals surface area contributed by atoms with Gasteiger partial charge in [-0.3, -0.25) is 19.6 Å². The Morgan fingerprint density at radius 2 is 1.05 bits per heavy atom. The van der Waals surface area contributed by atoms with Crippen LogP contribution in [0.15, 0.2) is 0 Å². The summed E-state index contributed by atoms with van der Waals surface area (Å²) in [5, 5.41) is 102. The minimum absolute atomic E-state index is 0. The molecule has 0 aromatic heterocycles. The quantitative estimate of drug-likeness (QED) is 0.103. The molecule has 229 valence electrons. The number of nitrogens with zero attached hydrogens (tertiary/aromatic N) is 4. The Morgan fingerprint density at radius 3 is 1.41 bits per heavy atom. The molecule has 39 heavy (non-hydrogen) atoms. The van der Waals surface area contributed by atoms with Gasteiger partial charge in [0.1, 0.15) is 24.4 Å². The molecule has 0 aromatic rings. The van der Waals surface area contributed by atoms with Gasteiger partial charge in [-0.15, -0.1) is 0 Å².